The summed E-state index contributed by atoms with van der Waals surface area (Å²) in [5.41, 5.74) is 6.41. The fourth-order valence-electron chi connectivity index (χ4n) is 2.68. The lowest BCUT2D eigenvalue weighted by Crippen LogP contribution is -2.26. The number of amides is 1. The molecule has 0 radical (unpaired) electrons. The molecular weight excluding hydrogens is 269 g/mol. The SMILES string of the molecule is Nc1cc(F)ccc1NC(=O)CCCN1CCCCCC1. The number of likely N-dealkylation sites (tertiary alicyclic amines) is 1. The van der Waals surface area contributed by atoms with Crippen molar-refractivity contribution in [2.24, 2.45) is 0 Å². The number of hydrogen-bond acceptors (Lipinski definition) is 3. The number of benzene rings is 1. The maximum atomic E-state index is 12.9. The Morgan fingerprint density at radius 2 is 1.95 bits per heavy atom. The highest BCUT2D eigenvalue weighted by molar-refractivity contribution is 5.93. The third-order valence-corrected chi connectivity index (χ3v) is 3.86. The Kier molecular flexibility index (Phi) is 5.99. The van der Waals surface area contributed by atoms with E-state index in [1.807, 2.05) is 0 Å². The van der Waals surface area contributed by atoms with Crippen molar-refractivity contribution in [3.05, 3.63) is 24.0 Å². The maximum absolute atomic E-state index is 12.9. The Morgan fingerprint density at radius 3 is 2.62 bits per heavy atom. The van der Waals surface area contributed by atoms with Gasteiger partial charge in [-0.15, -0.1) is 0 Å². The second-order valence-corrected chi connectivity index (χ2v) is 5.64. The van der Waals surface area contributed by atoms with Gasteiger partial charge in [0.1, 0.15) is 5.82 Å². The summed E-state index contributed by atoms with van der Waals surface area (Å²) in [6.45, 7) is 3.26. The molecule has 1 aromatic rings. The number of carbonyl (C=O) groups is 1. The Hall–Kier alpha value is -1.62. The van der Waals surface area contributed by atoms with E-state index >= 15 is 0 Å². The summed E-state index contributed by atoms with van der Waals surface area (Å²) in [7, 11) is 0. The van der Waals surface area contributed by atoms with Gasteiger partial charge in [0.15, 0.2) is 0 Å². The van der Waals surface area contributed by atoms with E-state index in [9.17, 15) is 9.18 Å². The third kappa shape index (κ3) is 5.34. The maximum Gasteiger partial charge on any atom is 0.224 e. The lowest BCUT2D eigenvalue weighted by Gasteiger charge is -2.19. The minimum Gasteiger partial charge on any atom is -0.397 e. The normalized spacial score (nSPS) is 16.4. The van der Waals surface area contributed by atoms with Crippen molar-refractivity contribution >= 4 is 17.3 Å². The van der Waals surface area contributed by atoms with Gasteiger partial charge < -0.3 is 16.0 Å². The van der Waals surface area contributed by atoms with Gasteiger partial charge in [0.2, 0.25) is 5.91 Å². The topological polar surface area (TPSA) is 58.4 Å². The Morgan fingerprint density at radius 1 is 1.24 bits per heavy atom. The van der Waals surface area contributed by atoms with Gasteiger partial charge >= 0.3 is 0 Å². The number of carbonyl (C=O) groups excluding carboxylic acids is 1. The second kappa shape index (κ2) is 7.98. The molecule has 0 atom stereocenters. The molecule has 1 fully saturated rings. The Bertz CT molecular complexity index is 471. The zero-order valence-corrected chi connectivity index (χ0v) is 12.4. The van der Waals surface area contributed by atoms with Crippen LogP contribution in [0.2, 0.25) is 0 Å². The standard InChI is InChI=1S/C16H24FN3O/c17-13-7-8-15(14(18)12-13)19-16(21)6-5-11-20-9-3-1-2-4-10-20/h7-8,12H,1-6,9-11,18H2,(H,19,21). The highest BCUT2D eigenvalue weighted by Gasteiger charge is 2.10. The van der Waals surface area contributed by atoms with Crippen molar-refractivity contribution in [3.8, 4) is 0 Å². The van der Waals surface area contributed by atoms with Gasteiger partial charge in [0.25, 0.3) is 0 Å². The first-order chi connectivity index (χ1) is 10.1. The molecule has 0 unspecified atom stereocenters. The van der Waals surface area contributed by atoms with Gasteiger partial charge in [-0.05, 0) is 57.1 Å². The predicted octanol–water partition coefficient (Wildman–Crippen LogP) is 3.00. The molecule has 0 aliphatic carbocycles. The highest BCUT2D eigenvalue weighted by atomic mass is 19.1. The molecule has 4 nitrogen and oxygen atoms in total. The molecule has 21 heavy (non-hydrogen) atoms. The summed E-state index contributed by atoms with van der Waals surface area (Å²) in [5, 5.41) is 2.74. The number of halogens is 1. The van der Waals surface area contributed by atoms with Crippen molar-refractivity contribution in [1.82, 2.24) is 4.90 Å². The molecule has 0 saturated carbocycles. The van der Waals surface area contributed by atoms with E-state index in [0.29, 0.717) is 12.1 Å². The molecule has 116 valence electrons. The zero-order valence-electron chi connectivity index (χ0n) is 12.4. The van der Waals surface area contributed by atoms with Crippen LogP contribution in [-0.2, 0) is 4.79 Å². The zero-order chi connectivity index (χ0) is 15.1. The van der Waals surface area contributed by atoms with Gasteiger partial charge in [-0.25, -0.2) is 4.39 Å². The van der Waals surface area contributed by atoms with Gasteiger partial charge in [-0.3, -0.25) is 4.79 Å². The summed E-state index contributed by atoms with van der Waals surface area (Å²) in [5.74, 6) is -0.463. The first-order valence-electron chi connectivity index (χ1n) is 7.72. The number of nitrogens with one attached hydrogen (secondary N) is 1. The fourth-order valence-corrected chi connectivity index (χ4v) is 2.68. The molecule has 1 amide bonds. The summed E-state index contributed by atoms with van der Waals surface area (Å²) in [6.07, 6.45) is 6.47. The third-order valence-electron chi connectivity index (χ3n) is 3.86. The van der Waals surface area contributed by atoms with Crippen LogP contribution in [0.3, 0.4) is 0 Å². The summed E-state index contributed by atoms with van der Waals surface area (Å²) in [4.78, 5) is 14.3. The van der Waals surface area contributed by atoms with E-state index < -0.39 is 5.82 Å². The van der Waals surface area contributed by atoms with E-state index in [1.165, 1.54) is 43.9 Å². The van der Waals surface area contributed by atoms with Crippen molar-refractivity contribution in [1.29, 1.82) is 0 Å². The van der Waals surface area contributed by atoms with Crippen LogP contribution in [-0.4, -0.2) is 30.4 Å². The van der Waals surface area contributed by atoms with Crippen molar-refractivity contribution in [3.63, 3.8) is 0 Å². The molecule has 5 heteroatoms. The summed E-state index contributed by atoms with van der Waals surface area (Å²) in [6, 6.07) is 4.01. The van der Waals surface area contributed by atoms with E-state index in [1.54, 1.807) is 0 Å². The molecule has 0 aromatic heterocycles. The fraction of sp³-hybridized carbons (Fsp3) is 0.562. The number of rotatable bonds is 5. The van der Waals surface area contributed by atoms with Gasteiger partial charge in [0, 0.05) is 6.42 Å². The monoisotopic (exact) mass is 293 g/mol. The summed E-state index contributed by atoms with van der Waals surface area (Å²) < 4.78 is 12.9. The Labute approximate surface area is 125 Å². The first-order valence-corrected chi connectivity index (χ1v) is 7.72. The minimum absolute atomic E-state index is 0.0665. The van der Waals surface area contributed by atoms with Crippen LogP contribution in [0, 0.1) is 5.82 Å². The smallest absolute Gasteiger partial charge is 0.224 e. The van der Waals surface area contributed by atoms with Crippen LogP contribution in [0.25, 0.3) is 0 Å². The molecular formula is C16H24FN3O. The van der Waals surface area contributed by atoms with Crippen LogP contribution in [0.4, 0.5) is 15.8 Å². The molecule has 3 N–H and O–H groups in total. The average Bonchev–Trinajstić information content (AvgIpc) is 2.71. The van der Waals surface area contributed by atoms with Crippen molar-refractivity contribution < 1.29 is 9.18 Å². The van der Waals surface area contributed by atoms with E-state index in [0.717, 1.165) is 26.1 Å². The minimum atomic E-state index is -0.397. The van der Waals surface area contributed by atoms with Crippen molar-refractivity contribution in [2.75, 3.05) is 30.7 Å². The van der Waals surface area contributed by atoms with Crippen LogP contribution in [0.1, 0.15) is 38.5 Å². The highest BCUT2D eigenvalue weighted by Crippen LogP contribution is 2.19. The van der Waals surface area contributed by atoms with Crippen LogP contribution in [0.5, 0.6) is 0 Å². The van der Waals surface area contributed by atoms with Crippen LogP contribution in [0.15, 0.2) is 18.2 Å². The average molecular weight is 293 g/mol. The molecule has 2 rings (SSSR count). The number of nitrogen functional groups attached to an aromatic ring is 1. The first kappa shape index (κ1) is 15.8. The molecule has 1 heterocycles. The van der Waals surface area contributed by atoms with Gasteiger partial charge in [0.05, 0.1) is 11.4 Å². The summed E-state index contributed by atoms with van der Waals surface area (Å²) >= 11 is 0. The Balaban J connectivity index is 1.71. The number of anilines is 2. The molecule has 0 spiro atoms. The van der Waals surface area contributed by atoms with Crippen LogP contribution < -0.4 is 11.1 Å². The predicted molar refractivity (Wildman–Crippen MR) is 83.6 cm³/mol. The van der Waals surface area contributed by atoms with E-state index in [2.05, 4.69) is 10.2 Å². The quantitative estimate of drug-likeness (QED) is 0.821. The number of nitrogens with zero attached hydrogens (tertiary/aromatic N) is 1. The number of nitrogens with two attached hydrogens (primary N) is 1. The van der Waals surface area contributed by atoms with Gasteiger partial charge in [-0.1, -0.05) is 12.8 Å². The van der Waals surface area contributed by atoms with Crippen molar-refractivity contribution in [2.45, 2.75) is 38.5 Å². The van der Waals surface area contributed by atoms with Crippen LogP contribution >= 0.6 is 0 Å². The number of hydrogen-bond donors (Lipinski definition) is 2. The van der Waals surface area contributed by atoms with E-state index in [-0.39, 0.29) is 11.6 Å². The molecule has 1 saturated heterocycles. The van der Waals surface area contributed by atoms with Gasteiger partial charge in [-0.2, -0.15) is 0 Å². The second-order valence-electron chi connectivity index (χ2n) is 5.64. The lowest BCUT2D eigenvalue weighted by atomic mass is 10.2. The van der Waals surface area contributed by atoms with E-state index in [4.69, 9.17) is 5.73 Å². The molecule has 0 bridgehead atoms. The molecule has 1 aliphatic rings. The largest absolute Gasteiger partial charge is 0.397 e. The molecule has 1 aromatic carbocycles. The lowest BCUT2D eigenvalue weighted by molar-refractivity contribution is -0.116. The molecule has 1 aliphatic heterocycles.